The lowest BCUT2D eigenvalue weighted by Gasteiger charge is -2.27. The molecule has 0 aliphatic heterocycles. The molecule has 0 bridgehead atoms. The summed E-state index contributed by atoms with van der Waals surface area (Å²) < 4.78 is 5.49. The minimum absolute atomic E-state index is 0.322. The predicted molar refractivity (Wildman–Crippen MR) is 77.3 cm³/mol. The van der Waals surface area contributed by atoms with Gasteiger partial charge in [-0.2, -0.15) is 0 Å². The van der Waals surface area contributed by atoms with Crippen LogP contribution in [0.3, 0.4) is 0 Å². The fourth-order valence-electron chi connectivity index (χ4n) is 1.60. The van der Waals surface area contributed by atoms with Crippen LogP contribution in [0.2, 0.25) is 0 Å². The third-order valence-electron chi connectivity index (χ3n) is 2.47. The highest BCUT2D eigenvalue weighted by Crippen LogP contribution is 2.25. The fraction of sp³-hybridized carbons (Fsp3) is 0.429. The van der Waals surface area contributed by atoms with Crippen LogP contribution < -0.4 is 10.4 Å². The lowest BCUT2D eigenvalue weighted by molar-refractivity contribution is -0.310. The molecule has 0 saturated heterocycles. The van der Waals surface area contributed by atoms with Gasteiger partial charge in [0.25, 0.3) is 0 Å². The monoisotopic (exact) mass is 358 g/mol. The van der Waals surface area contributed by atoms with Gasteiger partial charge >= 0.3 is 6.09 Å². The summed E-state index contributed by atoms with van der Waals surface area (Å²) in [6.07, 6.45) is -2.42. The van der Waals surface area contributed by atoms with E-state index in [1.165, 1.54) is 0 Å². The highest BCUT2D eigenvalue weighted by Gasteiger charge is 2.27. The number of ether oxygens (including phenoxy) is 1. The normalized spacial score (nSPS) is 14.1. The molecule has 2 atom stereocenters. The first-order valence-electron chi connectivity index (χ1n) is 6.24. The largest absolute Gasteiger partial charge is 0.548 e. The van der Waals surface area contributed by atoms with Crippen molar-refractivity contribution in [2.24, 2.45) is 0 Å². The molecule has 0 fully saturated rings. The quantitative estimate of drug-likeness (QED) is 0.840. The van der Waals surface area contributed by atoms with Crippen LogP contribution >= 0.6 is 15.9 Å². The maximum absolute atomic E-state index is 11.6. The molecule has 0 saturated carbocycles. The van der Waals surface area contributed by atoms with Gasteiger partial charge in [0.1, 0.15) is 17.7 Å². The second kappa shape index (κ2) is 6.91. The van der Waals surface area contributed by atoms with Gasteiger partial charge in [-0.3, -0.25) is 0 Å². The number of carbonyl (C=O) groups excluding carboxylic acids is 2. The number of carboxylic acids is 1. The number of alkyl carbamates (subject to hydrolysis) is 1. The topological polar surface area (TPSA) is 98.7 Å². The van der Waals surface area contributed by atoms with E-state index >= 15 is 0 Å². The third-order valence-corrected chi connectivity index (χ3v) is 3.19. The van der Waals surface area contributed by atoms with Gasteiger partial charge in [-0.25, -0.2) is 4.79 Å². The van der Waals surface area contributed by atoms with Gasteiger partial charge in [0, 0.05) is 4.47 Å². The van der Waals surface area contributed by atoms with Gasteiger partial charge in [-0.1, -0.05) is 34.1 Å². The maximum atomic E-state index is 11.6. The highest BCUT2D eigenvalue weighted by molar-refractivity contribution is 9.10. The molecule has 1 aromatic rings. The summed E-state index contributed by atoms with van der Waals surface area (Å²) in [6.45, 7) is 4.93. The van der Waals surface area contributed by atoms with E-state index in [9.17, 15) is 19.8 Å². The second-order valence-corrected chi connectivity index (χ2v) is 6.26. The molecule has 116 valence electrons. The van der Waals surface area contributed by atoms with E-state index in [2.05, 4.69) is 21.2 Å². The number of benzene rings is 1. The summed E-state index contributed by atoms with van der Waals surface area (Å²) >= 11 is 3.21. The molecule has 0 aliphatic rings. The number of aliphatic hydroxyl groups excluding tert-OH is 1. The first-order chi connectivity index (χ1) is 9.61. The average Bonchev–Trinajstić information content (AvgIpc) is 2.33. The summed E-state index contributed by atoms with van der Waals surface area (Å²) in [5, 5.41) is 23.4. The van der Waals surface area contributed by atoms with Crippen LogP contribution in [0, 0.1) is 0 Å². The van der Waals surface area contributed by atoms with Gasteiger partial charge in [0.2, 0.25) is 0 Å². The molecule has 0 unspecified atom stereocenters. The number of halogens is 1. The number of nitrogens with one attached hydrogen (secondary N) is 1. The zero-order valence-corrected chi connectivity index (χ0v) is 13.5. The number of hydrogen-bond acceptors (Lipinski definition) is 5. The molecule has 6 nitrogen and oxygen atoms in total. The summed E-state index contributed by atoms with van der Waals surface area (Å²) in [4.78, 5) is 22.8. The van der Waals surface area contributed by atoms with Crippen LogP contribution in [0.1, 0.15) is 32.4 Å². The van der Waals surface area contributed by atoms with Crippen LogP contribution in [-0.4, -0.2) is 28.8 Å². The molecule has 1 aromatic carbocycles. The van der Waals surface area contributed by atoms with Gasteiger partial charge in [-0.05, 0) is 32.4 Å². The van der Waals surface area contributed by atoms with Crippen molar-refractivity contribution < 1.29 is 24.5 Å². The Balaban J connectivity index is 2.90. The number of aliphatic hydroxyl groups is 1. The molecule has 0 radical (unpaired) electrons. The van der Waals surface area contributed by atoms with E-state index in [1.807, 2.05) is 0 Å². The van der Waals surface area contributed by atoms with Crippen molar-refractivity contribution in [2.75, 3.05) is 0 Å². The van der Waals surface area contributed by atoms with Crippen molar-refractivity contribution in [3.8, 4) is 0 Å². The predicted octanol–water partition coefficient (Wildman–Crippen LogP) is 1.13. The van der Waals surface area contributed by atoms with Gasteiger partial charge in [0.15, 0.2) is 0 Å². The zero-order chi connectivity index (χ0) is 16.2. The molecule has 21 heavy (non-hydrogen) atoms. The van der Waals surface area contributed by atoms with Gasteiger partial charge in [0.05, 0.1) is 5.97 Å². The van der Waals surface area contributed by atoms with Crippen LogP contribution in [0.4, 0.5) is 4.79 Å². The summed E-state index contributed by atoms with van der Waals surface area (Å²) in [7, 11) is 0. The lowest BCUT2D eigenvalue weighted by Crippen LogP contribution is -2.52. The first kappa shape index (κ1) is 17.5. The zero-order valence-electron chi connectivity index (χ0n) is 11.9. The summed E-state index contributed by atoms with van der Waals surface area (Å²) in [5.74, 6) is -1.61. The molecule has 0 aliphatic carbocycles. The summed E-state index contributed by atoms with van der Waals surface area (Å²) in [5.41, 5.74) is -0.457. The molecule has 1 rings (SSSR count). The Kier molecular flexibility index (Phi) is 5.74. The smallest absolute Gasteiger partial charge is 0.408 e. The Morgan fingerprint density at radius 2 is 1.90 bits per heavy atom. The van der Waals surface area contributed by atoms with Crippen molar-refractivity contribution >= 4 is 28.0 Å². The third kappa shape index (κ3) is 5.35. The minimum atomic E-state index is -1.63. The molecular weight excluding hydrogens is 342 g/mol. The van der Waals surface area contributed by atoms with Gasteiger partial charge in [-0.15, -0.1) is 0 Å². The SMILES string of the molecule is CC(C)(C)OC(=O)N[C@H](C(=O)[O-])[C@@H](O)c1ccccc1Br. The van der Waals surface area contributed by atoms with E-state index in [0.717, 1.165) is 0 Å². The molecule has 1 amide bonds. The highest BCUT2D eigenvalue weighted by atomic mass is 79.9. The van der Waals surface area contributed by atoms with Crippen LogP contribution in [0.25, 0.3) is 0 Å². The molecule has 0 spiro atoms. The van der Waals surface area contributed by atoms with Crippen LogP contribution in [0.15, 0.2) is 28.7 Å². The van der Waals surface area contributed by atoms with Crippen molar-refractivity contribution in [2.45, 2.75) is 38.5 Å². The van der Waals surface area contributed by atoms with E-state index in [4.69, 9.17) is 4.74 Å². The molecule has 7 heteroatoms. The number of carboxylic acid groups (broad SMARTS) is 1. The Hall–Kier alpha value is -1.60. The van der Waals surface area contributed by atoms with Crippen LogP contribution in [-0.2, 0) is 9.53 Å². The molecule has 0 aromatic heterocycles. The minimum Gasteiger partial charge on any atom is -0.548 e. The van der Waals surface area contributed by atoms with Crippen molar-refractivity contribution in [3.05, 3.63) is 34.3 Å². The van der Waals surface area contributed by atoms with Gasteiger partial charge < -0.3 is 25.1 Å². The number of hydrogen-bond donors (Lipinski definition) is 2. The van der Waals surface area contributed by atoms with Crippen LogP contribution in [0.5, 0.6) is 0 Å². The summed E-state index contributed by atoms with van der Waals surface area (Å²) in [6, 6.07) is 4.93. The number of rotatable bonds is 4. The Bertz CT molecular complexity index is 526. The Labute approximate surface area is 131 Å². The lowest BCUT2D eigenvalue weighted by atomic mass is 10.0. The molecule has 0 heterocycles. The molecular formula is C14H17BrNO5-. The first-order valence-corrected chi connectivity index (χ1v) is 7.04. The Morgan fingerprint density at radius 3 is 2.38 bits per heavy atom. The average molecular weight is 359 g/mol. The van der Waals surface area contributed by atoms with Crippen molar-refractivity contribution in [3.63, 3.8) is 0 Å². The van der Waals surface area contributed by atoms with E-state index in [1.54, 1.807) is 45.0 Å². The Morgan fingerprint density at radius 1 is 1.33 bits per heavy atom. The van der Waals surface area contributed by atoms with E-state index < -0.39 is 29.8 Å². The molecule has 2 N–H and O–H groups in total. The van der Waals surface area contributed by atoms with E-state index in [0.29, 0.717) is 10.0 Å². The fourth-order valence-corrected chi connectivity index (χ4v) is 2.12. The number of amides is 1. The van der Waals surface area contributed by atoms with Crippen molar-refractivity contribution in [1.29, 1.82) is 0 Å². The second-order valence-electron chi connectivity index (χ2n) is 5.41. The standard InChI is InChI=1S/C14H18BrNO5/c1-14(2,3)21-13(20)16-10(12(18)19)11(17)8-6-4-5-7-9(8)15/h4-7,10-11,17H,1-3H3,(H,16,20)(H,18,19)/p-1/t10-,11-/m0/s1. The maximum Gasteiger partial charge on any atom is 0.408 e. The number of carbonyl (C=O) groups is 2. The van der Waals surface area contributed by atoms with E-state index in [-0.39, 0.29) is 0 Å². The number of aliphatic carboxylic acids is 1. The van der Waals surface area contributed by atoms with Crippen molar-refractivity contribution in [1.82, 2.24) is 5.32 Å².